The Hall–Kier alpha value is -2.28. The molecule has 1 heterocycles. The van der Waals surface area contributed by atoms with Crippen LogP contribution in [0.2, 0.25) is 5.02 Å². The molecule has 1 aliphatic rings. The first-order valence-corrected chi connectivity index (χ1v) is 10.3. The van der Waals surface area contributed by atoms with Crippen LogP contribution in [0.25, 0.3) is 0 Å². The highest BCUT2D eigenvalue weighted by atomic mass is 35.5. The SMILES string of the molecule is CCOc1cc(N)c(Cl)cc1C(=O)NCC1CN(Cc2ccccc2)CCCO1. The van der Waals surface area contributed by atoms with Gasteiger partial charge in [0.05, 0.1) is 29.0 Å². The Morgan fingerprint density at radius 1 is 1.34 bits per heavy atom. The molecule has 0 bridgehead atoms. The molecule has 1 atom stereocenters. The monoisotopic (exact) mass is 417 g/mol. The number of nitrogens with zero attached hydrogens (tertiary/aromatic N) is 1. The van der Waals surface area contributed by atoms with E-state index in [1.807, 2.05) is 13.0 Å². The molecule has 2 aromatic rings. The number of anilines is 1. The van der Waals surface area contributed by atoms with Crippen LogP contribution in [0.15, 0.2) is 42.5 Å². The summed E-state index contributed by atoms with van der Waals surface area (Å²) >= 11 is 6.10. The van der Waals surface area contributed by atoms with Crippen LogP contribution in [0.4, 0.5) is 5.69 Å². The Bertz CT molecular complexity index is 816. The van der Waals surface area contributed by atoms with Gasteiger partial charge in [-0.15, -0.1) is 0 Å². The van der Waals surface area contributed by atoms with E-state index >= 15 is 0 Å². The molecule has 1 fully saturated rings. The van der Waals surface area contributed by atoms with Crippen molar-refractivity contribution >= 4 is 23.2 Å². The second-order valence-electron chi connectivity index (χ2n) is 7.08. The number of nitrogens with two attached hydrogens (primary N) is 1. The molecule has 1 aliphatic heterocycles. The topological polar surface area (TPSA) is 76.8 Å². The fraction of sp³-hybridized carbons (Fsp3) is 0.409. The number of halogens is 1. The average molecular weight is 418 g/mol. The fourth-order valence-electron chi connectivity index (χ4n) is 3.40. The number of benzene rings is 2. The van der Waals surface area contributed by atoms with Gasteiger partial charge < -0.3 is 20.5 Å². The van der Waals surface area contributed by atoms with Gasteiger partial charge in [0.25, 0.3) is 5.91 Å². The lowest BCUT2D eigenvalue weighted by molar-refractivity contribution is 0.0510. The second-order valence-corrected chi connectivity index (χ2v) is 7.49. The summed E-state index contributed by atoms with van der Waals surface area (Å²) in [5, 5.41) is 3.29. The first-order chi connectivity index (χ1) is 14.1. The number of hydrogen-bond acceptors (Lipinski definition) is 5. The molecule has 0 spiro atoms. The maximum Gasteiger partial charge on any atom is 0.255 e. The lowest BCUT2D eigenvalue weighted by Gasteiger charge is -2.24. The summed E-state index contributed by atoms with van der Waals surface area (Å²) in [5.41, 5.74) is 7.87. The van der Waals surface area contributed by atoms with Crippen LogP contribution < -0.4 is 15.8 Å². The number of nitrogen functional groups attached to an aromatic ring is 1. The standard InChI is InChI=1S/C22H28ClN3O3/c1-2-28-21-12-20(24)19(23)11-18(21)22(27)25-13-17-15-26(9-6-10-29-17)14-16-7-4-3-5-8-16/h3-5,7-8,11-12,17H,2,6,9-10,13-15,24H2,1H3,(H,25,27). The number of rotatable bonds is 7. The summed E-state index contributed by atoms with van der Waals surface area (Å²) in [6.45, 7) is 5.99. The largest absolute Gasteiger partial charge is 0.493 e. The summed E-state index contributed by atoms with van der Waals surface area (Å²) < 4.78 is 11.5. The van der Waals surface area contributed by atoms with Crippen molar-refractivity contribution in [2.75, 3.05) is 38.6 Å². The molecular weight excluding hydrogens is 390 g/mol. The minimum Gasteiger partial charge on any atom is -0.493 e. The zero-order valence-corrected chi connectivity index (χ0v) is 17.5. The third-order valence-electron chi connectivity index (χ3n) is 4.82. The third-order valence-corrected chi connectivity index (χ3v) is 5.14. The predicted molar refractivity (Wildman–Crippen MR) is 115 cm³/mol. The van der Waals surface area contributed by atoms with E-state index in [1.54, 1.807) is 12.1 Å². The minimum absolute atomic E-state index is 0.0787. The van der Waals surface area contributed by atoms with Crippen molar-refractivity contribution in [3.63, 3.8) is 0 Å². The zero-order chi connectivity index (χ0) is 20.6. The van der Waals surface area contributed by atoms with Crippen LogP contribution in [0.5, 0.6) is 5.75 Å². The van der Waals surface area contributed by atoms with Gasteiger partial charge in [-0.3, -0.25) is 9.69 Å². The quantitative estimate of drug-likeness (QED) is 0.675. The van der Waals surface area contributed by atoms with Crippen LogP contribution in [-0.2, 0) is 11.3 Å². The maximum atomic E-state index is 12.7. The van der Waals surface area contributed by atoms with Gasteiger partial charge >= 0.3 is 0 Å². The molecule has 1 unspecified atom stereocenters. The average Bonchev–Trinajstić information content (AvgIpc) is 2.94. The number of amides is 1. The van der Waals surface area contributed by atoms with E-state index in [-0.39, 0.29) is 12.0 Å². The summed E-state index contributed by atoms with van der Waals surface area (Å²) in [7, 11) is 0. The fourth-order valence-corrected chi connectivity index (χ4v) is 3.57. The second kappa shape index (κ2) is 10.5. The summed E-state index contributed by atoms with van der Waals surface area (Å²) in [6.07, 6.45) is 0.893. The lowest BCUT2D eigenvalue weighted by Crippen LogP contribution is -2.40. The van der Waals surface area contributed by atoms with E-state index in [2.05, 4.69) is 34.5 Å². The number of ether oxygens (including phenoxy) is 2. The van der Waals surface area contributed by atoms with E-state index in [1.165, 1.54) is 5.56 Å². The van der Waals surface area contributed by atoms with Crippen molar-refractivity contribution in [3.8, 4) is 5.75 Å². The van der Waals surface area contributed by atoms with E-state index in [0.29, 0.717) is 41.8 Å². The maximum absolute atomic E-state index is 12.7. The van der Waals surface area contributed by atoms with Gasteiger partial charge in [0.1, 0.15) is 5.75 Å². The Morgan fingerprint density at radius 2 is 2.14 bits per heavy atom. The first-order valence-electron chi connectivity index (χ1n) is 9.94. The van der Waals surface area contributed by atoms with Gasteiger partial charge in [-0.05, 0) is 25.0 Å². The minimum atomic E-state index is -0.252. The molecule has 2 aromatic carbocycles. The predicted octanol–water partition coefficient (Wildman–Crippen LogP) is 3.34. The van der Waals surface area contributed by atoms with Crippen LogP contribution in [0, 0.1) is 0 Å². The molecule has 0 radical (unpaired) electrons. The highest BCUT2D eigenvalue weighted by molar-refractivity contribution is 6.33. The molecule has 1 saturated heterocycles. The van der Waals surface area contributed by atoms with E-state index in [9.17, 15) is 4.79 Å². The normalized spacial score (nSPS) is 17.5. The van der Waals surface area contributed by atoms with Gasteiger partial charge in [-0.25, -0.2) is 0 Å². The Morgan fingerprint density at radius 3 is 2.90 bits per heavy atom. The van der Waals surface area contributed by atoms with Crippen molar-refractivity contribution in [1.29, 1.82) is 0 Å². The number of nitrogens with one attached hydrogen (secondary N) is 1. The van der Waals surface area contributed by atoms with Gasteiger partial charge in [-0.2, -0.15) is 0 Å². The first kappa shape index (κ1) is 21.4. The molecule has 6 nitrogen and oxygen atoms in total. The van der Waals surface area contributed by atoms with Crippen molar-refractivity contribution in [2.45, 2.75) is 26.0 Å². The van der Waals surface area contributed by atoms with E-state index in [0.717, 1.165) is 26.1 Å². The van der Waals surface area contributed by atoms with E-state index < -0.39 is 0 Å². The molecular formula is C22H28ClN3O3. The van der Waals surface area contributed by atoms with Gasteiger partial charge in [0, 0.05) is 38.9 Å². The molecule has 0 aliphatic carbocycles. The smallest absolute Gasteiger partial charge is 0.255 e. The van der Waals surface area contributed by atoms with Crippen molar-refractivity contribution in [3.05, 3.63) is 58.6 Å². The van der Waals surface area contributed by atoms with Crippen molar-refractivity contribution < 1.29 is 14.3 Å². The van der Waals surface area contributed by atoms with Crippen LogP contribution in [0.3, 0.4) is 0 Å². The highest BCUT2D eigenvalue weighted by Crippen LogP contribution is 2.29. The number of carbonyl (C=O) groups excluding carboxylic acids is 1. The van der Waals surface area contributed by atoms with Gasteiger partial charge in [0.2, 0.25) is 0 Å². The Kier molecular flexibility index (Phi) is 7.75. The Labute approximate surface area is 176 Å². The number of carbonyl (C=O) groups is 1. The van der Waals surface area contributed by atoms with E-state index in [4.69, 9.17) is 26.8 Å². The van der Waals surface area contributed by atoms with Crippen molar-refractivity contribution in [1.82, 2.24) is 10.2 Å². The lowest BCUT2D eigenvalue weighted by atomic mass is 10.1. The Balaban J connectivity index is 1.61. The summed E-state index contributed by atoms with van der Waals surface area (Å²) in [6, 6.07) is 13.5. The molecule has 0 saturated carbocycles. The number of hydrogen-bond donors (Lipinski definition) is 2. The molecule has 3 N–H and O–H groups in total. The molecule has 29 heavy (non-hydrogen) atoms. The van der Waals surface area contributed by atoms with Gasteiger partial charge in [0.15, 0.2) is 0 Å². The highest BCUT2D eigenvalue weighted by Gasteiger charge is 2.21. The molecule has 3 rings (SSSR count). The van der Waals surface area contributed by atoms with Crippen LogP contribution in [-0.4, -0.2) is 49.8 Å². The molecule has 7 heteroatoms. The third kappa shape index (κ3) is 6.10. The molecule has 0 aromatic heterocycles. The summed E-state index contributed by atoms with van der Waals surface area (Å²) in [5.74, 6) is 0.178. The summed E-state index contributed by atoms with van der Waals surface area (Å²) in [4.78, 5) is 15.1. The van der Waals surface area contributed by atoms with Gasteiger partial charge in [-0.1, -0.05) is 41.9 Å². The molecule has 156 valence electrons. The van der Waals surface area contributed by atoms with Crippen LogP contribution >= 0.6 is 11.6 Å². The van der Waals surface area contributed by atoms with Crippen LogP contribution in [0.1, 0.15) is 29.3 Å². The molecule has 1 amide bonds. The zero-order valence-electron chi connectivity index (χ0n) is 16.7. The van der Waals surface area contributed by atoms with Crippen molar-refractivity contribution in [2.24, 2.45) is 0 Å².